The second-order valence-corrected chi connectivity index (χ2v) is 8.50. The van der Waals surface area contributed by atoms with E-state index < -0.39 is 15.9 Å². The van der Waals surface area contributed by atoms with Crippen LogP contribution in [0.15, 0.2) is 70.2 Å². The number of ether oxygens (including phenoxy) is 1. The normalized spacial score (nSPS) is 10.9. The van der Waals surface area contributed by atoms with Gasteiger partial charge in [-0.15, -0.1) is 0 Å². The van der Waals surface area contributed by atoms with Gasteiger partial charge in [0.2, 0.25) is 5.91 Å². The SMILES string of the molecule is COc1ccc(NS(=O)(=O)c2cc(NC(=O)CCNC(=O)c3ccco3)ccc2C)cc1. The van der Waals surface area contributed by atoms with E-state index in [-0.39, 0.29) is 29.5 Å². The predicted molar refractivity (Wildman–Crippen MR) is 119 cm³/mol. The Balaban J connectivity index is 1.62. The van der Waals surface area contributed by atoms with E-state index in [0.717, 1.165) is 0 Å². The molecule has 1 heterocycles. The Labute approximate surface area is 185 Å². The fourth-order valence-electron chi connectivity index (χ4n) is 2.84. The van der Waals surface area contributed by atoms with Crippen molar-refractivity contribution in [2.24, 2.45) is 0 Å². The fourth-order valence-corrected chi connectivity index (χ4v) is 4.17. The van der Waals surface area contributed by atoms with Crippen molar-refractivity contribution in [3.63, 3.8) is 0 Å². The van der Waals surface area contributed by atoms with E-state index in [1.54, 1.807) is 49.4 Å². The third-order valence-electron chi connectivity index (χ3n) is 4.49. The van der Waals surface area contributed by atoms with Crippen molar-refractivity contribution in [2.75, 3.05) is 23.7 Å². The van der Waals surface area contributed by atoms with E-state index >= 15 is 0 Å². The molecule has 0 aliphatic carbocycles. The number of carbonyl (C=O) groups excluding carboxylic acids is 2. The van der Waals surface area contributed by atoms with E-state index in [9.17, 15) is 18.0 Å². The number of furan rings is 1. The molecule has 0 saturated carbocycles. The number of nitrogens with one attached hydrogen (secondary N) is 3. The lowest BCUT2D eigenvalue weighted by Gasteiger charge is -2.13. The first kappa shape index (κ1) is 22.9. The number of methoxy groups -OCH3 is 1. The van der Waals surface area contributed by atoms with Crippen LogP contribution in [-0.2, 0) is 14.8 Å². The summed E-state index contributed by atoms with van der Waals surface area (Å²) in [6, 6.07) is 14.2. The van der Waals surface area contributed by atoms with E-state index in [1.807, 2.05) is 0 Å². The molecule has 32 heavy (non-hydrogen) atoms. The van der Waals surface area contributed by atoms with Gasteiger partial charge in [-0.2, -0.15) is 0 Å². The molecule has 168 valence electrons. The summed E-state index contributed by atoms with van der Waals surface area (Å²) in [7, 11) is -2.36. The van der Waals surface area contributed by atoms with Gasteiger partial charge in [0.1, 0.15) is 5.75 Å². The van der Waals surface area contributed by atoms with Gasteiger partial charge in [0.15, 0.2) is 5.76 Å². The zero-order valence-electron chi connectivity index (χ0n) is 17.5. The Morgan fingerprint density at radius 3 is 2.41 bits per heavy atom. The average Bonchev–Trinajstić information content (AvgIpc) is 3.30. The lowest BCUT2D eigenvalue weighted by atomic mass is 10.2. The summed E-state index contributed by atoms with van der Waals surface area (Å²) in [5.41, 5.74) is 1.23. The molecule has 0 spiro atoms. The average molecular weight is 458 g/mol. The van der Waals surface area contributed by atoms with Crippen molar-refractivity contribution in [1.82, 2.24) is 5.32 Å². The smallest absolute Gasteiger partial charge is 0.286 e. The number of hydrogen-bond acceptors (Lipinski definition) is 6. The van der Waals surface area contributed by atoms with Gasteiger partial charge < -0.3 is 19.8 Å². The van der Waals surface area contributed by atoms with Gasteiger partial charge in [-0.05, 0) is 61.0 Å². The summed E-state index contributed by atoms with van der Waals surface area (Å²) < 4.78 is 38.3. The summed E-state index contributed by atoms with van der Waals surface area (Å²) in [5, 5.41) is 5.22. The number of rotatable bonds is 9. The van der Waals surface area contributed by atoms with E-state index in [2.05, 4.69) is 15.4 Å². The highest BCUT2D eigenvalue weighted by molar-refractivity contribution is 7.92. The first-order valence-electron chi connectivity index (χ1n) is 9.67. The molecule has 0 atom stereocenters. The molecule has 9 nitrogen and oxygen atoms in total. The minimum atomic E-state index is -3.88. The molecule has 3 aromatic rings. The van der Waals surface area contributed by atoms with Crippen molar-refractivity contribution in [3.8, 4) is 5.75 Å². The van der Waals surface area contributed by atoms with Gasteiger partial charge in [0.05, 0.1) is 18.3 Å². The summed E-state index contributed by atoms with van der Waals surface area (Å²) in [6.07, 6.45) is 1.39. The molecular formula is C22H23N3O6S. The van der Waals surface area contributed by atoms with Crippen LogP contribution in [0.25, 0.3) is 0 Å². The second-order valence-electron chi connectivity index (χ2n) is 6.85. The molecule has 0 fully saturated rings. The number of benzene rings is 2. The van der Waals surface area contributed by atoms with Crippen LogP contribution in [0.2, 0.25) is 0 Å². The Morgan fingerprint density at radius 2 is 1.75 bits per heavy atom. The monoisotopic (exact) mass is 457 g/mol. The lowest BCUT2D eigenvalue weighted by Crippen LogP contribution is -2.27. The van der Waals surface area contributed by atoms with Gasteiger partial charge in [-0.1, -0.05) is 6.07 Å². The molecule has 0 bridgehead atoms. The van der Waals surface area contributed by atoms with Crippen molar-refractivity contribution in [2.45, 2.75) is 18.2 Å². The topological polar surface area (TPSA) is 127 Å². The molecule has 1 aromatic heterocycles. The molecule has 10 heteroatoms. The molecular weight excluding hydrogens is 434 g/mol. The summed E-state index contributed by atoms with van der Waals surface area (Å²) >= 11 is 0. The Morgan fingerprint density at radius 1 is 1.03 bits per heavy atom. The number of anilines is 2. The third-order valence-corrected chi connectivity index (χ3v) is 6.01. The number of hydrogen-bond donors (Lipinski definition) is 3. The highest BCUT2D eigenvalue weighted by atomic mass is 32.2. The van der Waals surface area contributed by atoms with E-state index in [1.165, 1.54) is 25.5 Å². The quantitative estimate of drug-likeness (QED) is 0.453. The zero-order valence-corrected chi connectivity index (χ0v) is 18.4. The number of aryl methyl sites for hydroxylation is 1. The van der Waals surface area contributed by atoms with Crippen LogP contribution in [0.4, 0.5) is 11.4 Å². The largest absolute Gasteiger partial charge is 0.497 e. The van der Waals surface area contributed by atoms with Crippen LogP contribution in [0, 0.1) is 6.92 Å². The summed E-state index contributed by atoms with van der Waals surface area (Å²) in [6.45, 7) is 1.76. The number of sulfonamides is 1. The van der Waals surface area contributed by atoms with Gasteiger partial charge in [0.25, 0.3) is 15.9 Å². The predicted octanol–water partition coefficient (Wildman–Crippen LogP) is 3.16. The standard InChI is InChI=1S/C22H23N3O6S/c1-15-5-6-17(24-21(26)11-12-23-22(27)19-4-3-13-31-19)14-20(15)32(28,29)25-16-7-9-18(30-2)10-8-16/h3-10,13-14,25H,11-12H2,1-2H3,(H,23,27)(H,24,26). The third kappa shape index (κ3) is 5.88. The Hall–Kier alpha value is -3.79. The van der Waals surface area contributed by atoms with Crippen molar-refractivity contribution in [3.05, 3.63) is 72.2 Å². The molecule has 0 aliphatic heterocycles. The van der Waals surface area contributed by atoms with Crippen molar-refractivity contribution < 1.29 is 27.2 Å². The van der Waals surface area contributed by atoms with Crippen LogP contribution in [0.5, 0.6) is 5.75 Å². The lowest BCUT2D eigenvalue weighted by molar-refractivity contribution is -0.116. The first-order valence-corrected chi connectivity index (χ1v) is 11.2. The molecule has 0 saturated heterocycles. The molecule has 3 N–H and O–H groups in total. The second kappa shape index (κ2) is 10.0. The maximum atomic E-state index is 12.9. The van der Waals surface area contributed by atoms with Crippen LogP contribution in [0.1, 0.15) is 22.5 Å². The van der Waals surface area contributed by atoms with Crippen molar-refractivity contribution in [1.29, 1.82) is 0 Å². The molecule has 2 aromatic carbocycles. The Bertz CT molecular complexity index is 1190. The zero-order chi connectivity index (χ0) is 23.1. The molecule has 0 unspecified atom stereocenters. The van der Waals surface area contributed by atoms with Gasteiger partial charge in [0, 0.05) is 24.3 Å². The van der Waals surface area contributed by atoms with Crippen LogP contribution in [0.3, 0.4) is 0 Å². The minimum absolute atomic E-state index is 0.00645. The van der Waals surface area contributed by atoms with E-state index in [0.29, 0.717) is 22.7 Å². The fraction of sp³-hybridized carbons (Fsp3) is 0.182. The van der Waals surface area contributed by atoms with Gasteiger partial charge in [-0.25, -0.2) is 8.42 Å². The summed E-state index contributed by atoms with van der Waals surface area (Å²) in [4.78, 5) is 24.1. The highest BCUT2D eigenvalue weighted by Crippen LogP contribution is 2.24. The van der Waals surface area contributed by atoms with Gasteiger partial charge in [-0.3, -0.25) is 14.3 Å². The molecule has 2 amide bonds. The first-order chi connectivity index (χ1) is 15.3. The molecule has 3 rings (SSSR count). The maximum absolute atomic E-state index is 12.9. The minimum Gasteiger partial charge on any atom is -0.497 e. The van der Waals surface area contributed by atoms with Crippen molar-refractivity contribution >= 4 is 33.2 Å². The van der Waals surface area contributed by atoms with Crippen LogP contribution in [-0.4, -0.2) is 33.9 Å². The maximum Gasteiger partial charge on any atom is 0.286 e. The van der Waals surface area contributed by atoms with Crippen LogP contribution < -0.4 is 20.1 Å². The van der Waals surface area contributed by atoms with E-state index in [4.69, 9.17) is 9.15 Å². The summed E-state index contributed by atoms with van der Waals surface area (Å²) in [5.74, 6) is -0.0338. The molecule has 0 radical (unpaired) electrons. The Kier molecular flexibility index (Phi) is 7.16. The van der Waals surface area contributed by atoms with Gasteiger partial charge >= 0.3 is 0 Å². The number of amides is 2. The number of carbonyl (C=O) groups is 2. The highest BCUT2D eigenvalue weighted by Gasteiger charge is 2.18. The molecule has 0 aliphatic rings. The van der Waals surface area contributed by atoms with Crippen LogP contribution >= 0.6 is 0 Å².